The lowest BCUT2D eigenvalue weighted by Gasteiger charge is -2.20. The first-order valence-corrected chi connectivity index (χ1v) is 11.6. The van der Waals surface area contributed by atoms with Crippen LogP contribution < -0.4 is 9.62 Å². The van der Waals surface area contributed by atoms with E-state index in [9.17, 15) is 18.0 Å². The van der Waals surface area contributed by atoms with Crippen molar-refractivity contribution in [1.82, 2.24) is 0 Å². The number of carbonyl (C=O) groups is 2. The molecule has 0 bridgehead atoms. The van der Waals surface area contributed by atoms with Gasteiger partial charge in [-0.25, -0.2) is 13.2 Å². The van der Waals surface area contributed by atoms with Crippen LogP contribution in [0.2, 0.25) is 0 Å². The Labute approximate surface area is 185 Å². The second-order valence-corrected chi connectivity index (χ2v) is 9.73. The highest BCUT2D eigenvalue weighted by atomic mass is 32.2. The zero-order valence-electron chi connectivity index (χ0n) is 17.5. The van der Waals surface area contributed by atoms with E-state index in [1.807, 2.05) is 19.9 Å². The molecule has 0 spiro atoms. The molecule has 31 heavy (non-hydrogen) atoms. The molecular weight excluding hydrogens is 436 g/mol. The highest BCUT2D eigenvalue weighted by Gasteiger charge is 2.28. The Morgan fingerprint density at radius 3 is 2.29 bits per heavy atom. The van der Waals surface area contributed by atoms with Gasteiger partial charge in [-0.1, -0.05) is 6.07 Å². The second-order valence-electron chi connectivity index (χ2n) is 6.88. The van der Waals surface area contributed by atoms with Crippen molar-refractivity contribution in [2.75, 3.05) is 23.8 Å². The first-order chi connectivity index (χ1) is 14.6. The van der Waals surface area contributed by atoms with E-state index in [2.05, 4.69) is 10.1 Å². The molecule has 1 amide bonds. The second kappa shape index (κ2) is 8.91. The maximum atomic E-state index is 13.2. The van der Waals surface area contributed by atoms with Crippen molar-refractivity contribution in [2.24, 2.45) is 0 Å². The molecule has 1 heterocycles. The van der Waals surface area contributed by atoms with Gasteiger partial charge in [0.1, 0.15) is 9.77 Å². The molecule has 1 N–H and O–H groups in total. The van der Waals surface area contributed by atoms with Gasteiger partial charge in [0, 0.05) is 12.7 Å². The fourth-order valence-electron chi connectivity index (χ4n) is 2.87. The minimum Gasteiger partial charge on any atom is -0.465 e. The molecule has 1 aromatic heterocycles. The minimum atomic E-state index is -3.95. The van der Waals surface area contributed by atoms with Crippen molar-refractivity contribution in [3.63, 3.8) is 0 Å². The molecule has 0 atom stereocenters. The van der Waals surface area contributed by atoms with Gasteiger partial charge in [-0.15, -0.1) is 11.3 Å². The van der Waals surface area contributed by atoms with Crippen molar-refractivity contribution < 1.29 is 22.7 Å². The minimum absolute atomic E-state index is 0.0677. The molecule has 0 aliphatic heterocycles. The number of hydrogen-bond acceptors (Lipinski definition) is 6. The van der Waals surface area contributed by atoms with E-state index in [-0.39, 0.29) is 9.77 Å². The number of methoxy groups -OCH3 is 1. The number of carbonyl (C=O) groups excluding carboxylic acids is 2. The lowest BCUT2D eigenvalue weighted by atomic mass is 10.1. The van der Waals surface area contributed by atoms with Gasteiger partial charge in [-0.3, -0.25) is 9.10 Å². The largest absolute Gasteiger partial charge is 0.465 e. The van der Waals surface area contributed by atoms with E-state index in [1.165, 1.54) is 36.7 Å². The summed E-state index contributed by atoms with van der Waals surface area (Å²) in [6.45, 7) is 3.86. The van der Waals surface area contributed by atoms with Crippen LogP contribution in [-0.4, -0.2) is 34.5 Å². The number of hydrogen-bond donors (Lipinski definition) is 1. The van der Waals surface area contributed by atoms with Crippen LogP contribution in [0.4, 0.5) is 11.4 Å². The summed E-state index contributed by atoms with van der Waals surface area (Å²) in [6.07, 6.45) is 0. The van der Waals surface area contributed by atoms with E-state index in [1.54, 1.807) is 29.6 Å². The molecule has 162 valence electrons. The lowest BCUT2D eigenvalue weighted by molar-refractivity contribution is 0.0600. The van der Waals surface area contributed by atoms with Crippen LogP contribution in [0.5, 0.6) is 0 Å². The number of sulfonamides is 1. The molecule has 7 nitrogen and oxygen atoms in total. The summed E-state index contributed by atoms with van der Waals surface area (Å²) in [5.74, 6) is -1.04. The SMILES string of the molecule is COC(=O)c1ccc(NC(=O)c2sccc2S(=O)(=O)N(C)c2ccc(C)c(C)c2)cc1. The first-order valence-electron chi connectivity index (χ1n) is 9.28. The van der Waals surface area contributed by atoms with Gasteiger partial charge >= 0.3 is 5.97 Å². The van der Waals surface area contributed by atoms with Crippen LogP contribution in [0.15, 0.2) is 58.8 Å². The van der Waals surface area contributed by atoms with Crippen LogP contribution >= 0.6 is 11.3 Å². The average molecular weight is 459 g/mol. The van der Waals surface area contributed by atoms with E-state index < -0.39 is 21.9 Å². The van der Waals surface area contributed by atoms with Crippen molar-refractivity contribution in [2.45, 2.75) is 18.7 Å². The Kier molecular flexibility index (Phi) is 6.47. The summed E-state index contributed by atoms with van der Waals surface area (Å²) in [5, 5.41) is 4.24. The van der Waals surface area contributed by atoms with Gasteiger partial charge in [-0.2, -0.15) is 0 Å². The summed E-state index contributed by atoms with van der Waals surface area (Å²) >= 11 is 1.04. The molecule has 2 aromatic carbocycles. The normalized spacial score (nSPS) is 11.1. The van der Waals surface area contributed by atoms with Crippen LogP contribution in [-0.2, 0) is 14.8 Å². The number of amides is 1. The quantitative estimate of drug-likeness (QED) is 0.558. The Bertz CT molecular complexity index is 1230. The molecular formula is C22H22N2O5S2. The number of nitrogens with zero attached hydrogens (tertiary/aromatic N) is 1. The molecule has 3 aromatic rings. The first kappa shape index (κ1) is 22.5. The Balaban J connectivity index is 1.85. The predicted molar refractivity (Wildman–Crippen MR) is 122 cm³/mol. The van der Waals surface area contributed by atoms with Crippen LogP contribution in [0.1, 0.15) is 31.2 Å². The van der Waals surface area contributed by atoms with Crippen LogP contribution in [0.3, 0.4) is 0 Å². The highest BCUT2D eigenvalue weighted by Crippen LogP contribution is 2.29. The van der Waals surface area contributed by atoms with E-state index >= 15 is 0 Å². The zero-order valence-corrected chi connectivity index (χ0v) is 19.1. The molecule has 0 aliphatic rings. The molecule has 3 rings (SSSR count). The van der Waals surface area contributed by atoms with Crippen molar-refractivity contribution in [3.8, 4) is 0 Å². The lowest BCUT2D eigenvalue weighted by Crippen LogP contribution is -2.28. The van der Waals surface area contributed by atoms with Crippen molar-refractivity contribution in [1.29, 1.82) is 0 Å². The van der Waals surface area contributed by atoms with Gasteiger partial charge in [0.25, 0.3) is 15.9 Å². The number of aryl methyl sites for hydroxylation is 2. The van der Waals surface area contributed by atoms with Crippen LogP contribution in [0.25, 0.3) is 0 Å². The maximum absolute atomic E-state index is 13.2. The number of nitrogens with one attached hydrogen (secondary N) is 1. The standard InChI is InChI=1S/C22H22N2O5S2/c1-14-5-10-18(13-15(14)2)24(3)31(27,28)19-11-12-30-20(19)21(25)23-17-8-6-16(7-9-17)22(26)29-4/h5-13H,1-4H3,(H,23,25). The predicted octanol–water partition coefficient (Wildman–Crippen LogP) is 4.23. The number of rotatable bonds is 6. The highest BCUT2D eigenvalue weighted by molar-refractivity contribution is 7.93. The summed E-state index contributed by atoms with van der Waals surface area (Å²) in [6, 6.07) is 12.9. The third-order valence-electron chi connectivity index (χ3n) is 4.89. The van der Waals surface area contributed by atoms with Gasteiger partial charge < -0.3 is 10.1 Å². The van der Waals surface area contributed by atoms with E-state index in [4.69, 9.17) is 0 Å². The fraction of sp³-hybridized carbons (Fsp3) is 0.182. The van der Waals surface area contributed by atoms with Gasteiger partial charge in [0.2, 0.25) is 0 Å². The monoisotopic (exact) mass is 458 g/mol. The van der Waals surface area contributed by atoms with Gasteiger partial charge in [0.05, 0.1) is 18.4 Å². The third-order valence-corrected chi connectivity index (χ3v) is 7.76. The number of anilines is 2. The van der Waals surface area contributed by atoms with E-state index in [0.717, 1.165) is 22.5 Å². The summed E-state index contributed by atoms with van der Waals surface area (Å²) < 4.78 is 32.3. The topological polar surface area (TPSA) is 92.8 Å². The van der Waals surface area contributed by atoms with Crippen molar-refractivity contribution >= 4 is 44.6 Å². The summed E-state index contributed by atoms with van der Waals surface area (Å²) in [5.41, 5.74) is 3.31. The number of benzene rings is 2. The Hall–Kier alpha value is -3.17. The van der Waals surface area contributed by atoms with Gasteiger partial charge in [-0.05, 0) is 72.8 Å². The molecule has 0 saturated carbocycles. The number of thiophene rings is 1. The van der Waals surface area contributed by atoms with Gasteiger partial charge in [0.15, 0.2) is 0 Å². The van der Waals surface area contributed by atoms with Crippen molar-refractivity contribution in [3.05, 3.63) is 75.5 Å². The smallest absolute Gasteiger partial charge is 0.337 e. The number of ether oxygens (including phenoxy) is 1. The summed E-state index contributed by atoms with van der Waals surface area (Å²) in [4.78, 5) is 24.3. The molecule has 9 heteroatoms. The van der Waals surface area contributed by atoms with Crippen LogP contribution in [0, 0.1) is 13.8 Å². The molecule has 0 radical (unpaired) electrons. The molecule has 0 aliphatic carbocycles. The Morgan fingerprint density at radius 1 is 1.00 bits per heavy atom. The van der Waals surface area contributed by atoms with E-state index in [0.29, 0.717) is 16.9 Å². The number of esters is 1. The average Bonchev–Trinajstić information content (AvgIpc) is 3.26. The zero-order chi connectivity index (χ0) is 22.8. The summed E-state index contributed by atoms with van der Waals surface area (Å²) in [7, 11) is -1.20. The molecule has 0 saturated heterocycles. The Morgan fingerprint density at radius 2 is 1.68 bits per heavy atom. The third kappa shape index (κ3) is 4.62. The molecule has 0 unspecified atom stereocenters. The maximum Gasteiger partial charge on any atom is 0.337 e. The fourth-order valence-corrected chi connectivity index (χ4v) is 5.35. The molecule has 0 fully saturated rings.